The van der Waals surface area contributed by atoms with Gasteiger partial charge in [0.05, 0.1) is 0 Å². The van der Waals surface area contributed by atoms with E-state index in [4.69, 9.17) is 5.73 Å². The molecule has 0 aliphatic carbocycles. The summed E-state index contributed by atoms with van der Waals surface area (Å²) in [5, 5.41) is 0. The standard InChI is InChI=1S/C12H28N2S/c1-6-10(2)12(9-13)14(4)11(3)7-8-15-5/h10-12H,6-9,13H2,1-5H3. The minimum atomic E-state index is 0.534. The zero-order chi connectivity index (χ0) is 11.8. The Morgan fingerprint density at radius 2 is 1.93 bits per heavy atom. The SMILES string of the molecule is CCC(C)C(CN)N(C)C(C)CCSC. The third kappa shape index (κ3) is 5.23. The molecule has 3 unspecified atom stereocenters. The van der Waals surface area contributed by atoms with Gasteiger partial charge in [0.1, 0.15) is 0 Å². The molecule has 92 valence electrons. The van der Waals surface area contributed by atoms with Crippen molar-refractivity contribution in [3.8, 4) is 0 Å². The molecule has 2 nitrogen and oxygen atoms in total. The number of likely N-dealkylation sites (N-methyl/N-ethyl adjacent to an activating group) is 1. The van der Waals surface area contributed by atoms with E-state index < -0.39 is 0 Å². The van der Waals surface area contributed by atoms with Gasteiger partial charge >= 0.3 is 0 Å². The molecule has 0 aromatic heterocycles. The number of rotatable bonds is 8. The number of hydrogen-bond acceptors (Lipinski definition) is 3. The van der Waals surface area contributed by atoms with Crippen LogP contribution >= 0.6 is 11.8 Å². The van der Waals surface area contributed by atoms with Crippen LogP contribution in [-0.2, 0) is 0 Å². The van der Waals surface area contributed by atoms with E-state index in [1.165, 1.54) is 18.6 Å². The number of thioether (sulfide) groups is 1. The Morgan fingerprint density at radius 1 is 1.33 bits per heavy atom. The van der Waals surface area contributed by atoms with Gasteiger partial charge < -0.3 is 5.73 Å². The summed E-state index contributed by atoms with van der Waals surface area (Å²) < 4.78 is 0. The van der Waals surface area contributed by atoms with Crippen LogP contribution in [0.3, 0.4) is 0 Å². The van der Waals surface area contributed by atoms with E-state index in [0.717, 1.165) is 6.54 Å². The lowest BCUT2D eigenvalue weighted by Gasteiger charge is -2.36. The Hall–Kier alpha value is 0.270. The highest BCUT2D eigenvalue weighted by molar-refractivity contribution is 7.98. The molecule has 0 aliphatic heterocycles. The van der Waals surface area contributed by atoms with E-state index in [-0.39, 0.29) is 0 Å². The summed E-state index contributed by atoms with van der Waals surface area (Å²) in [6.07, 6.45) is 4.63. The normalized spacial score (nSPS) is 17.8. The van der Waals surface area contributed by atoms with Gasteiger partial charge in [0, 0.05) is 18.6 Å². The molecule has 2 N–H and O–H groups in total. The second kappa shape index (κ2) is 8.43. The van der Waals surface area contributed by atoms with Gasteiger partial charge in [0.25, 0.3) is 0 Å². The summed E-state index contributed by atoms with van der Waals surface area (Å²) in [4.78, 5) is 2.46. The topological polar surface area (TPSA) is 29.3 Å². The van der Waals surface area contributed by atoms with Gasteiger partial charge in [0.15, 0.2) is 0 Å². The molecule has 0 aliphatic rings. The molecule has 0 spiro atoms. The van der Waals surface area contributed by atoms with Crippen LogP contribution in [0.1, 0.15) is 33.6 Å². The highest BCUT2D eigenvalue weighted by Gasteiger charge is 2.22. The summed E-state index contributed by atoms with van der Waals surface area (Å²) in [5.41, 5.74) is 5.87. The molecule has 0 rings (SSSR count). The van der Waals surface area contributed by atoms with E-state index in [1.807, 2.05) is 11.8 Å². The van der Waals surface area contributed by atoms with Crippen LogP contribution in [0.15, 0.2) is 0 Å². The molecule has 0 amide bonds. The average Bonchev–Trinajstić information content (AvgIpc) is 2.26. The molecule has 3 atom stereocenters. The van der Waals surface area contributed by atoms with Crippen molar-refractivity contribution in [2.45, 2.75) is 45.7 Å². The average molecular weight is 232 g/mol. The van der Waals surface area contributed by atoms with E-state index in [2.05, 4.69) is 39.0 Å². The molecule has 0 aromatic carbocycles. The first kappa shape index (κ1) is 15.3. The van der Waals surface area contributed by atoms with Gasteiger partial charge in [-0.3, -0.25) is 4.90 Å². The number of hydrogen-bond donors (Lipinski definition) is 1. The minimum Gasteiger partial charge on any atom is -0.329 e. The molecular weight excluding hydrogens is 204 g/mol. The van der Waals surface area contributed by atoms with Crippen molar-refractivity contribution >= 4 is 11.8 Å². The quantitative estimate of drug-likeness (QED) is 0.697. The lowest BCUT2D eigenvalue weighted by Crippen LogP contribution is -2.46. The van der Waals surface area contributed by atoms with Crippen molar-refractivity contribution in [1.29, 1.82) is 0 Å². The van der Waals surface area contributed by atoms with Gasteiger partial charge in [-0.15, -0.1) is 0 Å². The molecule has 0 saturated heterocycles. The van der Waals surface area contributed by atoms with Gasteiger partial charge in [-0.25, -0.2) is 0 Å². The third-order valence-electron chi connectivity index (χ3n) is 3.50. The predicted octanol–water partition coefficient (Wildman–Crippen LogP) is 2.43. The van der Waals surface area contributed by atoms with Crippen molar-refractivity contribution in [1.82, 2.24) is 4.90 Å². The van der Waals surface area contributed by atoms with Crippen LogP contribution < -0.4 is 5.73 Å². The Balaban J connectivity index is 4.17. The minimum absolute atomic E-state index is 0.534. The highest BCUT2D eigenvalue weighted by Crippen LogP contribution is 2.17. The lowest BCUT2D eigenvalue weighted by molar-refractivity contribution is 0.138. The molecule has 0 heterocycles. The molecule has 0 bridgehead atoms. The van der Waals surface area contributed by atoms with Gasteiger partial charge in [-0.1, -0.05) is 20.3 Å². The Kier molecular flexibility index (Phi) is 8.58. The van der Waals surface area contributed by atoms with Crippen molar-refractivity contribution in [3.05, 3.63) is 0 Å². The smallest absolute Gasteiger partial charge is 0.0243 e. The first-order chi connectivity index (χ1) is 7.08. The monoisotopic (exact) mass is 232 g/mol. The van der Waals surface area contributed by atoms with E-state index in [9.17, 15) is 0 Å². The summed E-state index contributed by atoms with van der Waals surface area (Å²) in [5.74, 6) is 1.93. The van der Waals surface area contributed by atoms with Crippen LogP contribution in [-0.4, -0.2) is 42.6 Å². The summed E-state index contributed by atoms with van der Waals surface area (Å²) in [6, 6.07) is 1.17. The largest absolute Gasteiger partial charge is 0.329 e. The van der Waals surface area contributed by atoms with Crippen molar-refractivity contribution < 1.29 is 0 Å². The van der Waals surface area contributed by atoms with Crippen LogP contribution in [0.2, 0.25) is 0 Å². The van der Waals surface area contributed by atoms with Gasteiger partial charge in [0.2, 0.25) is 0 Å². The third-order valence-corrected chi connectivity index (χ3v) is 4.14. The molecular formula is C12H28N2S. The fourth-order valence-electron chi connectivity index (χ4n) is 1.89. The maximum absolute atomic E-state index is 5.87. The van der Waals surface area contributed by atoms with E-state index in [0.29, 0.717) is 18.0 Å². The molecule has 0 radical (unpaired) electrons. The maximum Gasteiger partial charge on any atom is 0.0243 e. The van der Waals surface area contributed by atoms with Gasteiger partial charge in [-0.2, -0.15) is 11.8 Å². The number of nitrogens with two attached hydrogens (primary N) is 1. The molecule has 0 saturated carbocycles. The fourth-order valence-corrected chi connectivity index (χ4v) is 2.47. The maximum atomic E-state index is 5.87. The molecule has 0 aromatic rings. The summed E-state index contributed by atoms with van der Waals surface area (Å²) >= 11 is 1.92. The van der Waals surface area contributed by atoms with Crippen molar-refractivity contribution in [2.24, 2.45) is 11.7 Å². The van der Waals surface area contributed by atoms with Crippen LogP contribution in [0.25, 0.3) is 0 Å². The Bertz CT molecular complexity index is 153. The Morgan fingerprint density at radius 3 is 2.33 bits per heavy atom. The molecule has 3 heteroatoms. The van der Waals surface area contributed by atoms with Crippen LogP contribution in [0, 0.1) is 5.92 Å². The first-order valence-electron chi connectivity index (χ1n) is 5.99. The zero-order valence-electron chi connectivity index (χ0n) is 11.0. The number of nitrogens with zero attached hydrogens (tertiary/aromatic N) is 1. The van der Waals surface area contributed by atoms with Crippen LogP contribution in [0.5, 0.6) is 0 Å². The first-order valence-corrected chi connectivity index (χ1v) is 7.38. The van der Waals surface area contributed by atoms with Gasteiger partial charge in [-0.05, 0) is 38.3 Å². The fraction of sp³-hybridized carbons (Fsp3) is 1.00. The summed E-state index contributed by atoms with van der Waals surface area (Å²) in [7, 11) is 2.22. The zero-order valence-corrected chi connectivity index (χ0v) is 11.8. The highest BCUT2D eigenvalue weighted by atomic mass is 32.2. The Labute approximate surface area is 100.0 Å². The van der Waals surface area contributed by atoms with Crippen molar-refractivity contribution in [2.75, 3.05) is 25.6 Å². The second-order valence-corrected chi connectivity index (χ2v) is 5.47. The second-order valence-electron chi connectivity index (χ2n) is 4.48. The lowest BCUT2D eigenvalue weighted by atomic mass is 9.96. The summed E-state index contributed by atoms with van der Waals surface area (Å²) in [6.45, 7) is 7.62. The molecule has 15 heavy (non-hydrogen) atoms. The van der Waals surface area contributed by atoms with E-state index >= 15 is 0 Å². The molecule has 0 fully saturated rings. The predicted molar refractivity (Wildman–Crippen MR) is 72.5 cm³/mol. The van der Waals surface area contributed by atoms with Crippen LogP contribution in [0.4, 0.5) is 0 Å². The van der Waals surface area contributed by atoms with Crippen molar-refractivity contribution in [3.63, 3.8) is 0 Å². The van der Waals surface area contributed by atoms with E-state index in [1.54, 1.807) is 0 Å².